The van der Waals surface area contributed by atoms with Crippen molar-refractivity contribution in [3.05, 3.63) is 27.7 Å². The summed E-state index contributed by atoms with van der Waals surface area (Å²) in [7, 11) is 0. The van der Waals surface area contributed by atoms with Gasteiger partial charge in [-0.05, 0) is 48.9 Å². The van der Waals surface area contributed by atoms with Gasteiger partial charge in [-0.25, -0.2) is 0 Å². The molecule has 104 valence electrons. The highest BCUT2D eigenvalue weighted by Gasteiger charge is 2.53. The van der Waals surface area contributed by atoms with Crippen molar-refractivity contribution in [2.45, 2.75) is 43.9 Å². The summed E-state index contributed by atoms with van der Waals surface area (Å²) in [4.78, 5) is 26.5. The molecule has 0 bridgehead atoms. The molecule has 0 atom stereocenters. The molecule has 1 aromatic rings. The van der Waals surface area contributed by atoms with Gasteiger partial charge in [0.15, 0.2) is 0 Å². The number of nitrogens with zero attached hydrogens (tertiary/aromatic N) is 1. The predicted octanol–water partition coefficient (Wildman–Crippen LogP) is 3.12. The number of hydrogen-bond acceptors (Lipinski definition) is 2. The third-order valence-electron chi connectivity index (χ3n) is 5.08. The molecule has 0 unspecified atom stereocenters. The third kappa shape index (κ3) is 1.51. The number of carbonyl (C=O) groups is 2. The van der Waals surface area contributed by atoms with E-state index in [4.69, 9.17) is 0 Å². The number of carbonyl (C=O) groups excluding carboxylic acids is 2. The second kappa shape index (κ2) is 4.17. The van der Waals surface area contributed by atoms with Gasteiger partial charge in [-0.3, -0.25) is 9.59 Å². The van der Waals surface area contributed by atoms with E-state index in [-0.39, 0.29) is 5.91 Å². The zero-order valence-corrected chi connectivity index (χ0v) is 12.8. The summed E-state index contributed by atoms with van der Waals surface area (Å²) in [6, 6.07) is 4.25. The molecule has 1 saturated carbocycles. The number of Topliss-reactive ketones (excluding diaryl/α,β-unsaturated/α-hetero) is 1. The van der Waals surface area contributed by atoms with Crippen molar-refractivity contribution < 1.29 is 9.59 Å². The number of fused-ring (bicyclic) bond motifs is 1. The van der Waals surface area contributed by atoms with Crippen LogP contribution in [0.5, 0.6) is 0 Å². The standard InChI is InChI=1S/C16H16BrNO2/c17-11-8-10-2-1-7-18-14(10)13(9-11)16(15(18)20)5-3-12(19)4-6-16/h8-9H,1-7H2. The molecule has 2 aliphatic heterocycles. The van der Waals surface area contributed by atoms with Gasteiger partial charge in [0.05, 0.1) is 11.1 Å². The quantitative estimate of drug-likeness (QED) is 0.731. The number of hydrogen-bond donors (Lipinski definition) is 0. The first-order valence-electron chi connectivity index (χ1n) is 7.28. The first-order chi connectivity index (χ1) is 9.62. The first-order valence-corrected chi connectivity index (χ1v) is 8.08. The summed E-state index contributed by atoms with van der Waals surface area (Å²) in [5.41, 5.74) is 3.17. The van der Waals surface area contributed by atoms with E-state index in [9.17, 15) is 9.59 Å². The molecule has 1 amide bonds. The van der Waals surface area contributed by atoms with Crippen molar-refractivity contribution >= 4 is 33.3 Å². The Morgan fingerprint density at radius 1 is 1.10 bits per heavy atom. The molecular formula is C16H16BrNO2. The van der Waals surface area contributed by atoms with Crippen LogP contribution in [0, 0.1) is 0 Å². The number of aryl methyl sites for hydroxylation is 1. The maximum Gasteiger partial charge on any atom is 0.237 e. The SMILES string of the molecule is O=C1CCC2(CC1)C(=O)N1CCCc3cc(Br)cc2c31. The molecule has 2 heterocycles. The van der Waals surface area contributed by atoms with E-state index in [0.717, 1.165) is 29.5 Å². The van der Waals surface area contributed by atoms with Crippen LogP contribution in [0.15, 0.2) is 16.6 Å². The van der Waals surface area contributed by atoms with Gasteiger partial charge in [0.25, 0.3) is 0 Å². The third-order valence-corrected chi connectivity index (χ3v) is 5.54. The Labute approximate surface area is 126 Å². The van der Waals surface area contributed by atoms with Crippen molar-refractivity contribution in [2.75, 3.05) is 11.4 Å². The molecule has 0 radical (unpaired) electrons. The molecule has 0 saturated heterocycles. The van der Waals surface area contributed by atoms with Crippen LogP contribution < -0.4 is 4.90 Å². The highest BCUT2D eigenvalue weighted by atomic mass is 79.9. The Bertz CT molecular complexity index is 628. The van der Waals surface area contributed by atoms with Gasteiger partial charge < -0.3 is 4.90 Å². The number of benzene rings is 1. The van der Waals surface area contributed by atoms with Crippen LogP contribution in [-0.2, 0) is 21.4 Å². The Morgan fingerprint density at radius 2 is 1.85 bits per heavy atom. The van der Waals surface area contributed by atoms with Crippen molar-refractivity contribution in [2.24, 2.45) is 0 Å². The number of halogens is 1. The minimum atomic E-state index is -0.424. The largest absolute Gasteiger partial charge is 0.311 e. The van der Waals surface area contributed by atoms with E-state index in [1.807, 2.05) is 4.90 Å². The molecular weight excluding hydrogens is 318 g/mol. The molecule has 4 heteroatoms. The Hall–Kier alpha value is -1.16. The monoisotopic (exact) mass is 333 g/mol. The van der Waals surface area contributed by atoms with E-state index in [2.05, 4.69) is 28.1 Å². The topological polar surface area (TPSA) is 37.4 Å². The first kappa shape index (κ1) is 12.6. The lowest BCUT2D eigenvalue weighted by Gasteiger charge is -2.32. The molecule has 1 aromatic carbocycles. The Morgan fingerprint density at radius 3 is 2.60 bits per heavy atom. The lowest BCUT2D eigenvalue weighted by molar-refractivity contribution is -0.127. The van der Waals surface area contributed by atoms with Gasteiger partial charge in [-0.15, -0.1) is 0 Å². The van der Waals surface area contributed by atoms with Crippen LogP contribution in [0.4, 0.5) is 5.69 Å². The summed E-state index contributed by atoms with van der Waals surface area (Å²) in [6.07, 6.45) is 4.53. The number of ketones is 1. The van der Waals surface area contributed by atoms with Gasteiger partial charge in [0.2, 0.25) is 5.91 Å². The lowest BCUT2D eigenvalue weighted by Crippen LogP contribution is -2.43. The summed E-state index contributed by atoms with van der Waals surface area (Å²) in [5, 5.41) is 0. The van der Waals surface area contributed by atoms with Crippen molar-refractivity contribution in [3.63, 3.8) is 0 Å². The van der Waals surface area contributed by atoms with Crippen LogP contribution in [0.1, 0.15) is 43.2 Å². The predicted molar refractivity (Wildman–Crippen MR) is 80.0 cm³/mol. The fourth-order valence-corrected chi connectivity index (χ4v) is 4.59. The molecule has 4 rings (SSSR count). The molecule has 3 aliphatic rings. The summed E-state index contributed by atoms with van der Waals surface area (Å²) >= 11 is 3.59. The van der Waals surface area contributed by atoms with Crippen LogP contribution in [0.3, 0.4) is 0 Å². The van der Waals surface area contributed by atoms with Crippen molar-refractivity contribution in [3.8, 4) is 0 Å². The average Bonchev–Trinajstić information content (AvgIpc) is 2.67. The maximum absolute atomic E-state index is 13.0. The number of amides is 1. The lowest BCUT2D eigenvalue weighted by atomic mass is 9.69. The van der Waals surface area contributed by atoms with E-state index in [1.54, 1.807) is 0 Å². The molecule has 3 nitrogen and oxygen atoms in total. The molecule has 20 heavy (non-hydrogen) atoms. The number of anilines is 1. The number of rotatable bonds is 0. The van der Waals surface area contributed by atoms with Gasteiger partial charge in [0, 0.05) is 23.9 Å². The highest BCUT2D eigenvalue weighted by molar-refractivity contribution is 9.10. The minimum Gasteiger partial charge on any atom is -0.311 e. The second-order valence-electron chi connectivity index (χ2n) is 6.14. The fraction of sp³-hybridized carbons (Fsp3) is 0.500. The molecule has 1 spiro atoms. The van der Waals surface area contributed by atoms with Crippen LogP contribution in [0.2, 0.25) is 0 Å². The Kier molecular flexibility index (Phi) is 2.62. The van der Waals surface area contributed by atoms with Crippen molar-refractivity contribution in [1.29, 1.82) is 0 Å². The van der Waals surface area contributed by atoms with Gasteiger partial charge in [-0.1, -0.05) is 15.9 Å². The summed E-state index contributed by atoms with van der Waals surface area (Å²) in [6.45, 7) is 0.830. The molecule has 0 aromatic heterocycles. The van der Waals surface area contributed by atoms with Crippen molar-refractivity contribution in [1.82, 2.24) is 0 Å². The fourth-order valence-electron chi connectivity index (χ4n) is 4.08. The van der Waals surface area contributed by atoms with Gasteiger partial charge >= 0.3 is 0 Å². The molecule has 0 N–H and O–H groups in total. The maximum atomic E-state index is 13.0. The van der Waals surface area contributed by atoms with Gasteiger partial charge in [0.1, 0.15) is 5.78 Å². The summed E-state index contributed by atoms with van der Waals surface area (Å²) in [5.74, 6) is 0.535. The van der Waals surface area contributed by atoms with Gasteiger partial charge in [-0.2, -0.15) is 0 Å². The zero-order valence-electron chi connectivity index (χ0n) is 11.2. The average molecular weight is 334 g/mol. The van der Waals surface area contributed by atoms with Crippen LogP contribution >= 0.6 is 15.9 Å². The van der Waals surface area contributed by atoms with E-state index < -0.39 is 5.41 Å². The van der Waals surface area contributed by atoms with Crippen LogP contribution in [0.25, 0.3) is 0 Å². The van der Waals surface area contributed by atoms with Crippen LogP contribution in [-0.4, -0.2) is 18.2 Å². The summed E-state index contributed by atoms with van der Waals surface area (Å²) < 4.78 is 1.05. The minimum absolute atomic E-state index is 0.235. The second-order valence-corrected chi connectivity index (χ2v) is 7.06. The van der Waals surface area contributed by atoms with E-state index in [1.165, 1.54) is 11.1 Å². The Balaban J connectivity index is 1.93. The normalized spacial score (nSPS) is 23.4. The molecule has 1 fully saturated rings. The zero-order chi connectivity index (χ0) is 13.9. The molecule has 1 aliphatic carbocycles. The van der Waals surface area contributed by atoms with E-state index in [0.29, 0.717) is 31.5 Å². The smallest absolute Gasteiger partial charge is 0.237 e. The highest BCUT2D eigenvalue weighted by Crippen LogP contribution is 2.52. The van der Waals surface area contributed by atoms with E-state index >= 15 is 0 Å².